The van der Waals surface area contributed by atoms with E-state index in [0.717, 1.165) is 38.5 Å². The molecule has 0 aliphatic heterocycles. The molecular formula is C31H58N4O8. The molecule has 2 atom stereocenters. The first-order chi connectivity index (χ1) is 20.7. The third-order valence-electron chi connectivity index (χ3n) is 7.58. The minimum absolute atomic E-state index is 0.00126. The van der Waals surface area contributed by atoms with Gasteiger partial charge in [-0.2, -0.15) is 0 Å². The summed E-state index contributed by atoms with van der Waals surface area (Å²) in [6, 6.07) is -1.94. The predicted molar refractivity (Wildman–Crippen MR) is 165 cm³/mol. The molecule has 12 nitrogen and oxygen atoms in total. The van der Waals surface area contributed by atoms with E-state index < -0.39 is 30.0 Å². The molecule has 0 radical (unpaired) electrons. The molecule has 0 aliphatic carbocycles. The van der Waals surface area contributed by atoms with E-state index in [1.54, 1.807) is 0 Å². The Labute approximate surface area is 257 Å². The van der Waals surface area contributed by atoms with Crippen molar-refractivity contribution in [2.24, 2.45) is 5.84 Å². The van der Waals surface area contributed by atoms with Gasteiger partial charge in [-0.3, -0.25) is 25.0 Å². The summed E-state index contributed by atoms with van der Waals surface area (Å²) in [5.41, 5.74) is 2.22. The summed E-state index contributed by atoms with van der Waals surface area (Å²) in [7, 11) is 0. The number of hydrazine groups is 1. The summed E-state index contributed by atoms with van der Waals surface area (Å²) in [6.45, 7) is 0.348. The number of nitrogens with two attached hydrogens (primary N) is 1. The topological polar surface area (TPSA) is 208 Å². The Kier molecular flexibility index (Phi) is 26.3. The van der Waals surface area contributed by atoms with Gasteiger partial charge in [0.2, 0.25) is 11.8 Å². The molecule has 0 saturated heterocycles. The number of carbonyl (C=O) groups excluding carboxylic acids is 2. The molecule has 0 aromatic rings. The molecule has 0 saturated carbocycles. The van der Waals surface area contributed by atoms with Gasteiger partial charge in [-0.05, 0) is 38.5 Å². The molecule has 8 N–H and O–H groups in total. The fraction of sp³-hybridized carbons (Fsp3) is 0.839. The molecule has 0 spiro atoms. The maximum Gasteiger partial charge on any atom is 0.326 e. The van der Waals surface area contributed by atoms with E-state index in [1.165, 1.54) is 57.8 Å². The van der Waals surface area contributed by atoms with Crippen molar-refractivity contribution in [3.05, 3.63) is 0 Å². The van der Waals surface area contributed by atoms with E-state index in [-0.39, 0.29) is 37.5 Å². The van der Waals surface area contributed by atoms with Crippen LogP contribution < -0.4 is 21.9 Å². The van der Waals surface area contributed by atoms with Crippen molar-refractivity contribution in [2.45, 2.75) is 160 Å². The van der Waals surface area contributed by atoms with Crippen LogP contribution in [0.3, 0.4) is 0 Å². The van der Waals surface area contributed by atoms with Gasteiger partial charge in [0.05, 0.1) is 0 Å². The van der Waals surface area contributed by atoms with Crippen molar-refractivity contribution in [3.63, 3.8) is 0 Å². The van der Waals surface area contributed by atoms with Gasteiger partial charge in [0.25, 0.3) is 0 Å². The van der Waals surface area contributed by atoms with Crippen molar-refractivity contribution in [1.82, 2.24) is 16.1 Å². The van der Waals surface area contributed by atoms with Crippen LogP contribution in [-0.4, -0.2) is 63.7 Å². The Morgan fingerprint density at radius 1 is 0.488 bits per heavy atom. The summed E-state index contributed by atoms with van der Waals surface area (Å²) >= 11 is 0. The van der Waals surface area contributed by atoms with Crippen molar-refractivity contribution in [3.8, 4) is 0 Å². The summed E-state index contributed by atoms with van der Waals surface area (Å²) in [5, 5.41) is 32.1. The quantitative estimate of drug-likeness (QED) is 0.0327. The number of carboxylic acids is 3. The van der Waals surface area contributed by atoms with Gasteiger partial charge in [0.15, 0.2) is 0 Å². The molecule has 2 amide bonds. The van der Waals surface area contributed by atoms with E-state index >= 15 is 0 Å². The zero-order valence-electron chi connectivity index (χ0n) is 26.1. The maximum atomic E-state index is 12.2. The number of unbranched alkanes of at least 4 members (excludes halogenated alkanes) is 16. The first-order valence-electron chi connectivity index (χ1n) is 16.4. The molecule has 0 rings (SSSR count). The molecule has 0 aromatic carbocycles. The van der Waals surface area contributed by atoms with E-state index in [4.69, 9.17) is 16.1 Å². The lowest BCUT2D eigenvalue weighted by Crippen LogP contribution is -2.41. The predicted octanol–water partition coefficient (Wildman–Crippen LogP) is 4.65. The van der Waals surface area contributed by atoms with Crippen LogP contribution in [0.25, 0.3) is 0 Å². The largest absolute Gasteiger partial charge is 0.481 e. The molecule has 250 valence electrons. The molecular weight excluding hydrogens is 556 g/mol. The van der Waals surface area contributed by atoms with Crippen LogP contribution in [0.1, 0.15) is 148 Å². The summed E-state index contributed by atoms with van der Waals surface area (Å²) in [4.78, 5) is 57.1. The minimum atomic E-state index is -1.17. The van der Waals surface area contributed by atoms with Crippen LogP contribution in [0.2, 0.25) is 0 Å². The van der Waals surface area contributed by atoms with Crippen LogP contribution in [0.5, 0.6) is 0 Å². The van der Waals surface area contributed by atoms with Gasteiger partial charge in [-0.15, -0.1) is 0 Å². The van der Waals surface area contributed by atoms with Gasteiger partial charge >= 0.3 is 17.9 Å². The van der Waals surface area contributed by atoms with Crippen LogP contribution >= 0.6 is 0 Å². The fourth-order valence-electron chi connectivity index (χ4n) is 4.90. The molecule has 0 fully saturated rings. The first kappa shape index (κ1) is 40.3. The Morgan fingerprint density at radius 2 is 0.930 bits per heavy atom. The standard InChI is InChI=1S/C31H58N4O8/c32-35-26(31(42)43)19-17-18-24-33-27(36)23-22-25(30(40)41)34-28(37)20-15-13-11-9-7-5-3-1-2-4-6-8-10-12-14-16-21-29(38)39/h25-26,35H,1-24,32H2,(H,33,36)(H,34,37)(H,38,39)(H,40,41)(H,42,43)/t25-,26-/m0/s1. The summed E-state index contributed by atoms with van der Waals surface area (Å²) in [6.07, 6.45) is 20.0. The van der Waals surface area contributed by atoms with Crippen LogP contribution in [0.4, 0.5) is 0 Å². The normalized spacial score (nSPS) is 12.4. The highest BCUT2D eigenvalue weighted by atomic mass is 16.4. The third-order valence-corrected chi connectivity index (χ3v) is 7.58. The van der Waals surface area contributed by atoms with Crippen molar-refractivity contribution in [1.29, 1.82) is 0 Å². The molecule has 0 unspecified atom stereocenters. The molecule has 0 aromatic heterocycles. The van der Waals surface area contributed by atoms with Gasteiger partial charge in [0.1, 0.15) is 12.1 Å². The number of carbonyl (C=O) groups is 5. The number of carboxylic acid groups (broad SMARTS) is 3. The zero-order chi connectivity index (χ0) is 32.1. The fourth-order valence-corrected chi connectivity index (χ4v) is 4.90. The lowest BCUT2D eigenvalue weighted by atomic mass is 10.0. The number of hydrogen-bond donors (Lipinski definition) is 7. The Morgan fingerprint density at radius 3 is 1.35 bits per heavy atom. The number of nitrogens with one attached hydrogen (secondary N) is 3. The summed E-state index contributed by atoms with van der Waals surface area (Å²) < 4.78 is 0. The maximum absolute atomic E-state index is 12.2. The Hall–Kier alpha value is -2.73. The highest BCUT2D eigenvalue weighted by Gasteiger charge is 2.21. The SMILES string of the molecule is NN[C@@H](CCCCNC(=O)CC[C@H](NC(=O)CCCCCCCCCCCCCCCCCCC(=O)O)C(=O)O)C(=O)O. The number of aliphatic carboxylic acids is 3. The highest BCUT2D eigenvalue weighted by molar-refractivity contribution is 5.84. The Balaban J connectivity index is 3.68. The second-order valence-electron chi connectivity index (χ2n) is 11.5. The average Bonchev–Trinajstić information content (AvgIpc) is 2.95. The van der Waals surface area contributed by atoms with E-state index in [2.05, 4.69) is 16.1 Å². The molecule has 43 heavy (non-hydrogen) atoms. The van der Waals surface area contributed by atoms with Gasteiger partial charge in [-0.25, -0.2) is 10.2 Å². The molecule has 0 aliphatic rings. The molecule has 0 heterocycles. The number of amides is 2. The van der Waals surface area contributed by atoms with Crippen LogP contribution in [0, 0.1) is 0 Å². The van der Waals surface area contributed by atoms with Crippen LogP contribution in [0.15, 0.2) is 0 Å². The third kappa shape index (κ3) is 26.6. The average molecular weight is 615 g/mol. The monoisotopic (exact) mass is 614 g/mol. The number of hydrogen-bond acceptors (Lipinski definition) is 7. The zero-order valence-corrected chi connectivity index (χ0v) is 26.1. The second kappa shape index (κ2) is 28.1. The van der Waals surface area contributed by atoms with Gasteiger partial charge in [0, 0.05) is 25.8 Å². The van der Waals surface area contributed by atoms with Gasteiger partial charge in [-0.1, -0.05) is 89.9 Å². The smallest absolute Gasteiger partial charge is 0.326 e. The first-order valence-corrected chi connectivity index (χ1v) is 16.4. The second-order valence-corrected chi connectivity index (χ2v) is 11.5. The number of rotatable bonds is 31. The van der Waals surface area contributed by atoms with Crippen molar-refractivity contribution in [2.75, 3.05) is 6.54 Å². The van der Waals surface area contributed by atoms with Crippen LogP contribution in [-0.2, 0) is 24.0 Å². The minimum Gasteiger partial charge on any atom is -0.481 e. The summed E-state index contributed by atoms with van der Waals surface area (Å²) in [5.74, 6) is 1.64. The van der Waals surface area contributed by atoms with Crippen molar-refractivity contribution >= 4 is 29.7 Å². The Bertz CT molecular complexity index is 781. The molecule has 0 bridgehead atoms. The van der Waals surface area contributed by atoms with E-state index in [9.17, 15) is 29.1 Å². The lowest BCUT2D eigenvalue weighted by molar-refractivity contribution is -0.142. The highest BCUT2D eigenvalue weighted by Crippen LogP contribution is 2.14. The van der Waals surface area contributed by atoms with E-state index in [0.29, 0.717) is 32.2 Å². The molecule has 12 heteroatoms. The van der Waals surface area contributed by atoms with E-state index in [1.807, 2.05) is 0 Å². The van der Waals surface area contributed by atoms with Crippen molar-refractivity contribution < 1.29 is 39.3 Å². The van der Waals surface area contributed by atoms with Gasteiger partial charge < -0.3 is 26.0 Å². The lowest BCUT2D eigenvalue weighted by Gasteiger charge is -2.14.